The number of benzene rings is 1. The summed E-state index contributed by atoms with van der Waals surface area (Å²) in [6.07, 6.45) is 13.3. The van der Waals surface area contributed by atoms with Crippen molar-refractivity contribution in [2.45, 2.75) is 127 Å². The molecule has 5 amide bonds. The molecule has 3 saturated heterocycles. The lowest BCUT2D eigenvalue weighted by Gasteiger charge is -2.53. The van der Waals surface area contributed by atoms with Crippen LogP contribution in [0.25, 0.3) is 11.3 Å². The number of aromatic nitrogens is 4. The molecule has 0 radical (unpaired) electrons. The number of hydrogen-bond acceptors (Lipinski definition) is 8. The van der Waals surface area contributed by atoms with Gasteiger partial charge in [-0.3, -0.25) is 9.59 Å². The lowest BCUT2D eigenvalue weighted by Crippen LogP contribution is -2.55. The van der Waals surface area contributed by atoms with E-state index in [4.69, 9.17) is 19.4 Å². The number of amides is 5. The predicted octanol–water partition coefficient (Wildman–Crippen LogP) is 6.12. The molecular formula is C45H63N9O6. The monoisotopic (exact) mass is 825 g/mol. The molecule has 4 N–H and O–H groups in total. The molecule has 6 fully saturated rings. The first-order chi connectivity index (χ1) is 28.9. The topological polar surface area (TPSA) is 178 Å². The van der Waals surface area contributed by atoms with E-state index in [9.17, 15) is 19.2 Å². The van der Waals surface area contributed by atoms with Crippen LogP contribution < -0.4 is 10.6 Å². The Morgan fingerprint density at radius 1 is 0.733 bits per heavy atom. The van der Waals surface area contributed by atoms with Gasteiger partial charge in [-0.25, -0.2) is 19.6 Å². The van der Waals surface area contributed by atoms with Crippen LogP contribution in [0.15, 0.2) is 36.7 Å². The molecule has 2 aromatic heterocycles. The Kier molecular flexibility index (Phi) is 12.0. The average Bonchev–Trinajstić information content (AvgIpc) is 4.12. The van der Waals surface area contributed by atoms with Gasteiger partial charge >= 0.3 is 12.1 Å². The fourth-order valence-electron chi connectivity index (χ4n) is 10.6. The highest BCUT2D eigenvalue weighted by molar-refractivity contribution is 5.88. The summed E-state index contributed by atoms with van der Waals surface area (Å²) in [5, 5.41) is 5.77. The average molecular weight is 826 g/mol. The first-order valence-corrected chi connectivity index (χ1v) is 22.2. The second kappa shape index (κ2) is 17.2. The Bertz CT molecular complexity index is 2000. The number of ether oxygens (including phenoxy) is 2. The van der Waals surface area contributed by atoms with E-state index in [-0.39, 0.29) is 52.6 Å². The Labute approximate surface area is 353 Å². The van der Waals surface area contributed by atoms with E-state index in [0.717, 1.165) is 87.1 Å². The van der Waals surface area contributed by atoms with Crippen molar-refractivity contribution in [3.63, 3.8) is 0 Å². The molecular weight excluding hydrogens is 763 g/mol. The van der Waals surface area contributed by atoms with Crippen LogP contribution in [0, 0.1) is 11.8 Å². The molecule has 3 aliphatic carbocycles. The number of nitrogens with one attached hydrogen (secondary N) is 4. The molecule has 3 saturated carbocycles. The number of alkyl carbamates (subject to hydrolysis) is 1. The SMILES string of the molecule is COC(=O)NC(C(=O)N1CCCC1c1ncc(-c2ccc(C34CCC(c5cnc(C6CCCN6C(=O)C(NC(=O)N6CCOCC6)C(C)C)[nH]5)(CC3)CC4)cc2)[nH]1)C(C)C. The van der Waals surface area contributed by atoms with E-state index in [2.05, 4.69) is 44.9 Å². The van der Waals surface area contributed by atoms with Gasteiger partial charge in [0.1, 0.15) is 23.7 Å². The van der Waals surface area contributed by atoms with Crippen LogP contribution >= 0.6 is 0 Å². The molecule has 15 nitrogen and oxygen atoms in total. The predicted molar refractivity (Wildman–Crippen MR) is 225 cm³/mol. The Morgan fingerprint density at radius 2 is 1.27 bits per heavy atom. The van der Waals surface area contributed by atoms with Gasteiger partial charge in [0.15, 0.2) is 0 Å². The van der Waals surface area contributed by atoms with E-state index >= 15 is 0 Å². The molecule has 60 heavy (non-hydrogen) atoms. The van der Waals surface area contributed by atoms with Crippen molar-refractivity contribution in [3.05, 3.63) is 59.6 Å². The number of fused-ring (bicyclic) bond motifs is 3. The summed E-state index contributed by atoms with van der Waals surface area (Å²) >= 11 is 0. The van der Waals surface area contributed by atoms with Crippen LogP contribution in [-0.2, 0) is 29.9 Å². The third-order valence-corrected chi connectivity index (χ3v) is 14.4. The molecule has 0 spiro atoms. The zero-order valence-electron chi connectivity index (χ0n) is 35.9. The van der Waals surface area contributed by atoms with Gasteiger partial charge < -0.3 is 44.8 Å². The standard InChI is InChI=1S/C45H63N9O6/c1-28(2)36(50-42(57)52-22-24-60-25-23-52)40(55)54-21-7-9-34(54)39-47-27-35(49-39)45-17-14-44(15-18-45,16-19-45)31-12-10-30(11-13-31)32-26-46-38(48-32)33-8-6-20-53(33)41(56)37(29(3)4)51-43(58)59-5/h10-13,26-29,33-34,36-37H,6-9,14-25H2,1-5H3,(H,46,48)(H,47,49)(H,50,57)(H,51,58). The van der Waals surface area contributed by atoms with E-state index in [1.165, 1.54) is 18.4 Å². The van der Waals surface area contributed by atoms with Gasteiger partial charge in [-0.05, 0) is 92.6 Å². The minimum Gasteiger partial charge on any atom is -0.453 e. The van der Waals surface area contributed by atoms with Crippen LogP contribution in [0.5, 0.6) is 0 Å². The number of carbonyl (C=O) groups is 4. The summed E-state index contributed by atoms with van der Waals surface area (Å²) < 4.78 is 10.2. The second-order valence-electron chi connectivity index (χ2n) is 18.5. The maximum atomic E-state index is 14.1. The molecule has 3 aromatic rings. The molecule has 9 rings (SSSR count). The molecule has 2 bridgehead atoms. The number of methoxy groups -OCH3 is 1. The van der Waals surface area contributed by atoms with Crippen LogP contribution in [0.4, 0.5) is 9.59 Å². The van der Waals surface area contributed by atoms with Crippen molar-refractivity contribution < 1.29 is 28.7 Å². The number of aromatic amines is 2. The Morgan fingerprint density at radius 3 is 1.83 bits per heavy atom. The number of urea groups is 1. The van der Waals surface area contributed by atoms with Gasteiger partial charge in [-0.1, -0.05) is 52.0 Å². The van der Waals surface area contributed by atoms with Crippen LogP contribution in [0.3, 0.4) is 0 Å². The number of morpholine rings is 1. The third-order valence-electron chi connectivity index (χ3n) is 14.4. The van der Waals surface area contributed by atoms with Gasteiger partial charge in [0.2, 0.25) is 11.8 Å². The number of H-pyrrole nitrogens is 2. The van der Waals surface area contributed by atoms with E-state index in [1.54, 1.807) is 4.90 Å². The van der Waals surface area contributed by atoms with Crippen molar-refractivity contribution >= 4 is 23.9 Å². The summed E-state index contributed by atoms with van der Waals surface area (Å²) in [6.45, 7) is 11.2. The molecule has 5 heterocycles. The van der Waals surface area contributed by atoms with Crippen molar-refractivity contribution in [2.75, 3.05) is 46.5 Å². The Hall–Kier alpha value is -4.92. The fraction of sp³-hybridized carbons (Fsp3) is 0.644. The zero-order valence-corrected chi connectivity index (χ0v) is 35.9. The maximum Gasteiger partial charge on any atom is 0.407 e. The number of rotatable bonds is 11. The quantitative estimate of drug-likeness (QED) is 0.179. The van der Waals surface area contributed by atoms with E-state index < -0.39 is 18.2 Å². The smallest absolute Gasteiger partial charge is 0.407 e. The first-order valence-electron chi connectivity index (χ1n) is 22.2. The van der Waals surface area contributed by atoms with Crippen LogP contribution in [-0.4, -0.2) is 117 Å². The summed E-state index contributed by atoms with van der Waals surface area (Å²) in [7, 11) is 1.30. The lowest BCUT2D eigenvalue weighted by atomic mass is 9.51. The highest BCUT2D eigenvalue weighted by Gasteiger charge is 2.51. The van der Waals surface area contributed by atoms with E-state index in [0.29, 0.717) is 39.4 Å². The molecule has 6 aliphatic rings. The van der Waals surface area contributed by atoms with Crippen LogP contribution in [0.1, 0.15) is 127 Å². The van der Waals surface area contributed by atoms with Gasteiger partial charge in [-0.2, -0.15) is 0 Å². The number of nitrogens with zero attached hydrogens (tertiary/aromatic N) is 5. The Balaban J connectivity index is 0.897. The number of hydrogen-bond donors (Lipinski definition) is 4. The zero-order chi connectivity index (χ0) is 42.2. The van der Waals surface area contributed by atoms with Gasteiger partial charge in [0.05, 0.1) is 44.3 Å². The van der Waals surface area contributed by atoms with Crippen molar-refractivity contribution in [2.24, 2.45) is 11.8 Å². The molecule has 15 heteroatoms. The molecule has 4 atom stereocenters. The van der Waals surface area contributed by atoms with Gasteiger partial charge in [-0.15, -0.1) is 0 Å². The van der Waals surface area contributed by atoms with Crippen LogP contribution in [0.2, 0.25) is 0 Å². The highest BCUT2D eigenvalue weighted by atomic mass is 16.5. The summed E-state index contributed by atoms with van der Waals surface area (Å²) in [5.41, 5.74) is 4.75. The number of carbonyl (C=O) groups excluding carboxylic acids is 4. The summed E-state index contributed by atoms with van der Waals surface area (Å²) in [5.74, 6) is 1.31. The molecule has 3 aliphatic heterocycles. The third kappa shape index (κ3) is 8.01. The molecule has 4 unspecified atom stereocenters. The van der Waals surface area contributed by atoms with Crippen molar-refractivity contribution in [1.82, 2.24) is 45.3 Å². The van der Waals surface area contributed by atoms with E-state index in [1.807, 2.05) is 49.9 Å². The normalized spacial score (nSPS) is 26.4. The minimum atomic E-state index is -0.673. The lowest BCUT2D eigenvalue weighted by molar-refractivity contribution is -0.136. The maximum absolute atomic E-state index is 14.1. The highest BCUT2D eigenvalue weighted by Crippen LogP contribution is 2.58. The van der Waals surface area contributed by atoms with Gasteiger partial charge in [0, 0.05) is 43.5 Å². The van der Waals surface area contributed by atoms with Crippen molar-refractivity contribution in [3.8, 4) is 11.3 Å². The molecule has 1 aromatic carbocycles. The largest absolute Gasteiger partial charge is 0.453 e. The van der Waals surface area contributed by atoms with Crippen molar-refractivity contribution in [1.29, 1.82) is 0 Å². The minimum absolute atomic E-state index is 0.0390. The summed E-state index contributed by atoms with van der Waals surface area (Å²) in [6, 6.07) is 7.17. The van der Waals surface area contributed by atoms with Gasteiger partial charge in [0.25, 0.3) is 0 Å². The first kappa shape index (κ1) is 41.8. The second-order valence-corrected chi connectivity index (χ2v) is 18.5. The number of imidazole rings is 2. The molecule has 324 valence electrons. The number of likely N-dealkylation sites (tertiary alicyclic amines) is 2. The fourth-order valence-corrected chi connectivity index (χ4v) is 10.6. The summed E-state index contributed by atoms with van der Waals surface area (Å²) in [4.78, 5) is 75.2.